The van der Waals surface area contributed by atoms with Crippen LogP contribution < -0.4 is 5.01 Å². The summed E-state index contributed by atoms with van der Waals surface area (Å²) >= 11 is 6.67. The summed E-state index contributed by atoms with van der Waals surface area (Å²) in [7, 11) is 0. The molecule has 1 aliphatic heterocycles. The van der Waals surface area contributed by atoms with Crippen molar-refractivity contribution in [2.24, 2.45) is 5.10 Å². The van der Waals surface area contributed by atoms with E-state index in [1.54, 1.807) is 6.08 Å². The molecular formula is C18H15ClN2O. The van der Waals surface area contributed by atoms with E-state index in [9.17, 15) is 4.79 Å². The maximum absolute atomic E-state index is 12.8. The predicted molar refractivity (Wildman–Crippen MR) is 90.3 cm³/mol. The Balaban J connectivity index is 2.11. The van der Waals surface area contributed by atoms with Crippen LogP contribution in [0, 0.1) is 0 Å². The Morgan fingerprint density at radius 1 is 1.09 bits per heavy atom. The molecule has 2 aromatic rings. The highest BCUT2D eigenvalue weighted by Crippen LogP contribution is 2.36. The van der Waals surface area contributed by atoms with Crippen molar-refractivity contribution in [2.75, 3.05) is 5.01 Å². The minimum Gasteiger partial charge on any atom is -0.270 e. The Morgan fingerprint density at radius 2 is 1.68 bits per heavy atom. The standard InChI is InChI=1S/C18H15ClN2O/c1-2-13-18(19)16(14-9-5-3-6-10-14)20-21(17(18)22)15-11-7-4-8-12-15/h2-12H,1,13H2/t18-/m0/s1. The number of alkyl halides is 1. The van der Waals surface area contributed by atoms with E-state index in [0.717, 1.165) is 5.56 Å². The summed E-state index contributed by atoms with van der Waals surface area (Å²) in [6, 6.07) is 18.8. The van der Waals surface area contributed by atoms with Crippen molar-refractivity contribution in [3.63, 3.8) is 0 Å². The van der Waals surface area contributed by atoms with Crippen LogP contribution in [0.3, 0.4) is 0 Å². The molecule has 0 radical (unpaired) electrons. The molecule has 110 valence electrons. The van der Waals surface area contributed by atoms with Crippen LogP contribution >= 0.6 is 11.6 Å². The van der Waals surface area contributed by atoms with E-state index in [1.165, 1.54) is 5.01 Å². The highest BCUT2D eigenvalue weighted by atomic mass is 35.5. The molecule has 22 heavy (non-hydrogen) atoms. The number of nitrogens with zero attached hydrogens (tertiary/aromatic N) is 2. The topological polar surface area (TPSA) is 32.7 Å². The molecule has 3 rings (SSSR count). The van der Waals surface area contributed by atoms with Crippen LogP contribution in [0.2, 0.25) is 0 Å². The quantitative estimate of drug-likeness (QED) is 0.621. The maximum atomic E-state index is 12.8. The molecule has 0 aliphatic carbocycles. The van der Waals surface area contributed by atoms with E-state index < -0.39 is 4.87 Å². The van der Waals surface area contributed by atoms with Gasteiger partial charge in [-0.05, 0) is 18.6 Å². The zero-order valence-electron chi connectivity index (χ0n) is 11.9. The summed E-state index contributed by atoms with van der Waals surface area (Å²) in [4.78, 5) is 11.6. The third-order valence-electron chi connectivity index (χ3n) is 3.58. The van der Waals surface area contributed by atoms with Gasteiger partial charge in [0.1, 0.15) is 0 Å². The number of carbonyl (C=O) groups excluding carboxylic acids is 1. The number of para-hydroxylation sites is 1. The van der Waals surface area contributed by atoms with Crippen LogP contribution in [0.1, 0.15) is 12.0 Å². The normalized spacial score (nSPS) is 20.9. The first-order valence-electron chi connectivity index (χ1n) is 7.01. The fourth-order valence-corrected chi connectivity index (χ4v) is 2.84. The van der Waals surface area contributed by atoms with Gasteiger partial charge in [0, 0.05) is 5.56 Å². The lowest BCUT2D eigenvalue weighted by Crippen LogP contribution is -2.41. The number of amides is 1. The third-order valence-corrected chi connectivity index (χ3v) is 4.08. The van der Waals surface area contributed by atoms with E-state index in [0.29, 0.717) is 17.8 Å². The summed E-state index contributed by atoms with van der Waals surface area (Å²) in [5, 5.41) is 5.88. The van der Waals surface area contributed by atoms with E-state index in [1.807, 2.05) is 60.7 Å². The van der Waals surface area contributed by atoms with Crippen LogP contribution in [0.4, 0.5) is 5.69 Å². The van der Waals surface area contributed by atoms with E-state index >= 15 is 0 Å². The lowest BCUT2D eigenvalue weighted by Gasteiger charge is -2.20. The summed E-state index contributed by atoms with van der Waals surface area (Å²) < 4.78 is 0. The number of anilines is 1. The fourth-order valence-electron chi connectivity index (χ4n) is 2.50. The SMILES string of the molecule is C=CC[C@@]1(Cl)C(=O)N(c2ccccc2)N=C1c1ccccc1. The third kappa shape index (κ3) is 2.34. The zero-order valence-corrected chi connectivity index (χ0v) is 12.7. The van der Waals surface area contributed by atoms with Crippen molar-refractivity contribution in [1.82, 2.24) is 0 Å². The van der Waals surface area contributed by atoms with E-state index in [2.05, 4.69) is 11.7 Å². The van der Waals surface area contributed by atoms with Crippen LogP contribution in [-0.2, 0) is 4.79 Å². The van der Waals surface area contributed by atoms with Crippen LogP contribution in [0.15, 0.2) is 78.4 Å². The van der Waals surface area contributed by atoms with Crippen molar-refractivity contribution in [3.05, 3.63) is 78.9 Å². The summed E-state index contributed by atoms with van der Waals surface area (Å²) in [5.74, 6) is -0.251. The fraction of sp³-hybridized carbons (Fsp3) is 0.111. The Labute approximate surface area is 134 Å². The lowest BCUT2D eigenvalue weighted by atomic mass is 9.93. The molecule has 0 aromatic heterocycles. The van der Waals surface area contributed by atoms with Gasteiger partial charge in [-0.1, -0.05) is 54.6 Å². The Bertz CT molecular complexity index is 727. The summed E-state index contributed by atoms with van der Waals surface area (Å²) in [6.07, 6.45) is 1.97. The van der Waals surface area contributed by atoms with Crippen LogP contribution in [0.25, 0.3) is 0 Å². The van der Waals surface area contributed by atoms with E-state index in [-0.39, 0.29) is 5.91 Å². The second kappa shape index (κ2) is 5.78. The minimum absolute atomic E-state index is 0.251. The monoisotopic (exact) mass is 310 g/mol. The molecular weight excluding hydrogens is 296 g/mol. The molecule has 3 nitrogen and oxygen atoms in total. The highest BCUT2D eigenvalue weighted by molar-refractivity contribution is 6.53. The lowest BCUT2D eigenvalue weighted by molar-refractivity contribution is -0.118. The molecule has 0 saturated heterocycles. The van der Waals surface area contributed by atoms with E-state index in [4.69, 9.17) is 11.6 Å². The molecule has 0 bridgehead atoms. The van der Waals surface area contributed by atoms with Gasteiger partial charge in [-0.2, -0.15) is 10.1 Å². The van der Waals surface area contributed by atoms with Crippen molar-refractivity contribution in [2.45, 2.75) is 11.3 Å². The molecule has 1 aliphatic rings. The first kappa shape index (κ1) is 14.5. The van der Waals surface area contributed by atoms with Crippen LogP contribution in [-0.4, -0.2) is 16.5 Å². The second-order valence-electron chi connectivity index (χ2n) is 5.06. The molecule has 1 atom stereocenters. The van der Waals surface area contributed by atoms with Gasteiger partial charge in [0.2, 0.25) is 0 Å². The smallest absolute Gasteiger partial charge is 0.270 e. The van der Waals surface area contributed by atoms with Gasteiger partial charge in [-0.25, -0.2) is 0 Å². The Hall–Kier alpha value is -2.39. The number of rotatable bonds is 4. The van der Waals surface area contributed by atoms with Crippen molar-refractivity contribution in [3.8, 4) is 0 Å². The average Bonchev–Trinajstić information content (AvgIpc) is 2.82. The first-order chi connectivity index (χ1) is 10.7. The number of hydrogen-bond acceptors (Lipinski definition) is 2. The van der Waals surface area contributed by atoms with Crippen molar-refractivity contribution in [1.29, 1.82) is 0 Å². The maximum Gasteiger partial charge on any atom is 0.275 e. The average molecular weight is 311 g/mol. The van der Waals surface area contributed by atoms with Gasteiger partial charge >= 0.3 is 0 Å². The second-order valence-corrected chi connectivity index (χ2v) is 5.71. The Morgan fingerprint density at radius 3 is 2.27 bits per heavy atom. The molecule has 4 heteroatoms. The van der Waals surface area contributed by atoms with Crippen molar-refractivity contribution < 1.29 is 4.79 Å². The first-order valence-corrected chi connectivity index (χ1v) is 7.38. The Kier molecular flexibility index (Phi) is 3.82. The molecule has 0 spiro atoms. The number of benzene rings is 2. The van der Waals surface area contributed by atoms with Crippen LogP contribution in [0.5, 0.6) is 0 Å². The molecule has 0 unspecified atom stereocenters. The van der Waals surface area contributed by atoms with Gasteiger partial charge in [0.25, 0.3) is 5.91 Å². The van der Waals surface area contributed by atoms with Crippen molar-refractivity contribution >= 4 is 28.9 Å². The minimum atomic E-state index is -1.21. The molecule has 2 aromatic carbocycles. The number of allylic oxidation sites excluding steroid dienone is 1. The van der Waals surface area contributed by atoms with Gasteiger partial charge < -0.3 is 0 Å². The number of hydrazone groups is 1. The van der Waals surface area contributed by atoms with Gasteiger partial charge in [-0.3, -0.25) is 4.79 Å². The number of hydrogen-bond donors (Lipinski definition) is 0. The molecule has 1 amide bonds. The zero-order chi connectivity index (χ0) is 15.6. The van der Waals surface area contributed by atoms with Gasteiger partial charge in [0.15, 0.2) is 4.87 Å². The molecule has 1 heterocycles. The molecule has 0 saturated carbocycles. The predicted octanol–water partition coefficient (Wildman–Crippen LogP) is 3.99. The van der Waals surface area contributed by atoms with Gasteiger partial charge in [0.05, 0.1) is 11.4 Å². The summed E-state index contributed by atoms with van der Waals surface area (Å²) in [5.41, 5.74) is 2.10. The van der Waals surface area contributed by atoms with Gasteiger partial charge in [-0.15, -0.1) is 18.2 Å². The number of halogens is 1. The summed E-state index contributed by atoms with van der Waals surface area (Å²) in [6.45, 7) is 3.72. The molecule has 0 fully saturated rings. The highest BCUT2D eigenvalue weighted by Gasteiger charge is 2.49. The largest absolute Gasteiger partial charge is 0.275 e. The molecule has 0 N–H and O–H groups in total. The number of carbonyl (C=O) groups is 1.